The standard InChI is InChI=1S/C31H45NO3S/c1-17(8-11-27-32-29-18(2)6-5-7-25(29)36-27)21-9-10-22-28-23(16-26(35)31(21,22)4)30(3)13-12-20(33)14-19(30)15-24(28)34/h5-7,17,19-24,26,28,33-35H,8-16H2,1-4H3/t17?,19-,20+,21+,22-,23-,24+,26-,28-,30-,31+/m0/s1. The molecule has 0 spiro atoms. The van der Waals surface area contributed by atoms with Gasteiger partial charge in [-0.05, 0) is 123 Å². The highest BCUT2D eigenvalue weighted by atomic mass is 32.1. The Morgan fingerprint density at radius 3 is 2.64 bits per heavy atom. The molecule has 2 aromatic rings. The molecule has 1 aromatic heterocycles. The fourth-order valence-corrected chi connectivity index (χ4v) is 11.0. The van der Waals surface area contributed by atoms with E-state index in [1.54, 1.807) is 0 Å². The quantitative estimate of drug-likeness (QED) is 0.461. The molecule has 0 amide bonds. The van der Waals surface area contributed by atoms with Gasteiger partial charge in [0.25, 0.3) is 0 Å². The molecule has 4 nitrogen and oxygen atoms in total. The zero-order chi connectivity index (χ0) is 25.4. The van der Waals surface area contributed by atoms with Crippen molar-refractivity contribution in [2.24, 2.45) is 46.3 Å². The van der Waals surface area contributed by atoms with E-state index >= 15 is 0 Å². The Labute approximate surface area is 220 Å². The molecule has 36 heavy (non-hydrogen) atoms. The number of rotatable bonds is 4. The fraction of sp³-hybridized carbons (Fsp3) is 0.774. The van der Waals surface area contributed by atoms with Crippen LogP contribution in [0, 0.1) is 53.3 Å². The number of nitrogens with zero attached hydrogens (tertiary/aromatic N) is 1. The summed E-state index contributed by atoms with van der Waals surface area (Å²) in [5.41, 5.74) is 2.42. The maximum atomic E-state index is 11.8. The van der Waals surface area contributed by atoms with Crippen molar-refractivity contribution in [1.82, 2.24) is 4.98 Å². The van der Waals surface area contributed by atoms with Crippen molar-refractivity contribution < 1.29 is 15.3 Å². The van der Waals surface area contributed by atoms with E-state index in [1.807, 2.05) is 11.3 Å². The van der Waals surface area contributed by atoms with Gasteiger partial charge < -0.3 is 15.3 Å². The molecule has 0 radical (unpaired) electrons. The first-order chi connectivity index (χ1) is 17.1. The average Bonchev–Trinajstić information content (AvgIpc) is 3.42. The molecule has 3 N–H and O–H groups in total. The first kappa shape index (κ1) is 25.3. The predicted molar refractivity (Wildman–Crippen MR) is 146 cm³/mol. The second-order valence-electron chi connectivity index (χ2n) is 13.6. The summed E-state index contributed by atoms with van der Waals surface area (Å²) < 4.78 is 1.28. The Morgan fingerprint density at radius 1 is 1.06 bits per heavy atom. The third-order valence-corrected chi connectivity index (χ3v) is 13.1. The highest BCUT2D eigenvalue weighted by molar-refractivity contribution is 7.18. The second kappa shape index (κ2) is 9.03. The summed E-state index contributed by atoms with van der Waals surface area (Å²) in [6.07, 6.45) is 7.94. The lowest BCUT2D eigenvalue weighted by Crippen LogP contribution is -2.62. The van der Waals surface area contributed by atoms with E-state index in [2.05, 4.69) is 45.9 Å². The molecule has 198 valence electrons. The van der Waals surface area contributed by atoms with Crippen LogP contribution in [-0.4, -0.2) is 38.6 Å². The van der Waals surface area contributed by atoms with E-state index in [-0.39, 0.29) is 29.1 Å². The van der Waals surface area contributed by atoms with E-state index in [0.29, 0.717) is 35.5 Å². The number of thiazole rings is 1. The molecule has 5 heteroatoms. The van der Waals surface area contributed by atoms with Gasteiger partial charge in [0.05, 0.1) is 33.5 Å². The van der Waals surface area contributed by atoms with Gasteiger partial charge in [0, 0.05) is 0 Å². The van der Waals surface area contributed by atoms with Gasteiger partial charge in [-0.3, -0.25) is 0 Å². The number of aromatic nitrogens is 1. The number of benzene rings is 1. The van der Waals surface area contributed by atoms with Crippen LogP contribution >= 0.6 is 11.3 Å². The van der Waals surface area contributed by atoms with Gasteiger partial charge in [-0.25, -0.2) is 4.98 Å². The Hall–Kier alpha value is -1.01. The lowest BCUT2D eigenvalue weighted by atomic mass is 9.43. The summed E-state index contributed by atoms with van der Waals surface area (Å²) >= 11 is 1.83. The maximum Gasteiger partial charge on any atom is 0.0938 e. The summed E-state index contributed by atoms with van der Waals surface area (Å²) in [6.45, 7) is 9.31. The Kier molecular flexibility index (Phi) is 6.34. The maximum absolute atomic E-state index is 11.8. The summed E-state index contributed by atoms with van der Waals surface area (Å²) in [5.74, 6) is 2.44. The van der Waals surface area contributed by atoms with E-state index in [9.17, 15) is 15.3 Å². The minimum atomic E-state index is -0.307. The predicted octanol–water partition coefficient (Wildman–Crippen LogP) is 6.13. The fourth-order valence-electron chi connectivity index (χ4n) is 9.92. The van der Waals surface area contributed by atoms with E-state index in [1.165, 1.54) is 15.3 Å². The van der Waals surface area contributed by atoms with Gasteiger partial charge in [0.15, 0.2) is 0 Å². The largest absolute Gasteiger partial charge is 0.393 e. The number of aliphatic hydroxyl groups is 3. The topological polar surface area (TPSA) is 73.6 Å². The van der Waals surface area contributed by atoms with Crippen molar-refractivity contribution in [3.05, 3.63) is 28.8 Å². The molecule has 0 aliphatic heterocycles. The summed E-state index contributed by atoms with van der Waals surface area (Å²) in [7, 11) is 0. The Morgan fingerprint density at radius 2 is 1.86 bits per heavy atom. The van der Waals surface area contributed by atoms with Gasteiger partial charge in [-0.2, -0.15) is 0 Å². The van der Waals surface area contributed by atoms with Crippen LogP contribution in [0.4, 0.5) is 0 Å². The van der Waals surface area contributed by atoms with Gasteiger partial charge in [-0.1, -0.05) is 32.9 Å². The van der Waals surface area contributed by atoms with Gasteiger partial charge in [0.2, 0.25) is 0 Å². The van der Waals surface area contributed by atoms with Crippen LogP contribution in [0.1, 0.15) is 82.7 Å². The molecular formula is C31H45NO3S. The molecule has 0 saturated heterocycles. The number of para-hydroxylation sites is 1. The number of hydrogen-bond donors (Lipinski definition) is 3. The number of aliphatic hydroxyl groups excluding tert-OH is 3. The zero-order valence-electron chi connectivity index (χ0n) is 22.5. The molecule has 1 heterocycles. The molecule has 4 aliphatic carbocycles. The van der Waals surface area contributed by atoms with Crippen molar-refractivity contribution in [2.45, 2.75) is 104 Å². The molecule has 1 unspecified atom stereocenters. The van der Waals surface area contributed by atoms with Crippen molar-refractivity contribution in [2.75, 3.05) is 0 Å². The molecule has 0 bridgehead atoms. The molecule has 4 fully saturated rings. The average molecular weight is 512 g/mol. The van der Waals surface area contributed by atoms with Gasteiger partial charge >= 0.3 is 0 Å². The SMILES string of the molecule is Cc1cccc2sc(CCC(C)[C@H]3CC[C@H]4[C@@H]5[C@H](O)C[C@@H]6C[C@H](O)CC[C@]6(C)[C@H]5C[C@H](O)[C@]34C)nc12. The Balaban J connectivity index is 1.21. The highest BCUT2D eigenvalue weighted by Crippen LogP contribution is 2.68. The highest BCUT2D eigenvalue weighted by Gasteiger charge is 2.65. The molecule has 6 rings (SSSR count). The monoisotopic (exact) mass is 511 g/mol. The lowest BCUT2D eigenvalue weighted by Gasteiger charge is -2.63. The van der Waals surface area contributed by atoms with Gasteiger partial charge in [0.1, 0.15) is 0 Å². The number of fused-ring (bicyclic) bond motifs is 6. The smallest absolute Gasteiger partial charge is 0.0938 e. The first-order valence-electron chi connectivity index (χ1n) is 14.5. The van der Waals surface area contributed by atoms with Crippen LogP contribution in [0.15, 0.2) is 18.2 Å². The third kappa shape index (κ3) is 3.74. The molecule has 4 aliphatic rings. The van der Waals surface area contributed by atoms with Crippen LogP contribution in [-0.2, 0) is 6.42 Å². The van der Waals surface area contributed by atoms with Crippen LogP contribution in [0.25, 0.3) is 10.2 Å². The summed E-state index contributed by atoms with van der Waals surface area (Å²) in [5, 5.41) is 34.9. The minimum absolute atomic E-state index is 0.122. The van der Waals surface area contributed by atoms with Crippen molar-refractivity contribution in [3.8, 4) is 0 Å². The molecule has 4 saturated carbocycles. The number of hydrogen-bond acceptors (Lipinski definition) is 5. The molecule has 1 aromatic carbocycles. The summed E-state index contributed by atoms with van der Waals surface area (Å²) in [4.78, 5) is 4.96. The third-order valence-electron chi connectivity index (χ3n) is 12.0. The molecular weight excluding hydrogens is 466 g/mol. The van der Waals surface area contributed by atoms with Crippen molar-refractivity contribution >= 4 is 21.6 Å². The summed E-state index contributed by atoms with van der Waals surface area (Å²) in [6, 6.07) is 6.44. The Bertz CT molecular complexity index is 1120. The van der Waals surface area contributed by atoms with Crippen LogP contribution in [0.3, 0.4) is 0 Å². The van der Waals surface area contributed by atoms with E-state index in [0.717, 1.165) is 63.3 Å². The number of aryl methyl sites for hydroxylation is 2. The van der Waals surface area contributed by atoms with Crippen LogP contribution in [0.5, 0.6) is 0 Å². The first-order valence-corrected chi connectivity index (χ1v) is 15.3. The van der Waals surface area contributed by atoms with Crippen molar-refractivity contribution in [1.29, 1.82) is 0 Å². The minimum Gasteiger partial charge on any atom is -0.393 e. The van der Waals surface area contributed by atoms with E-state index in [4.69, 9.17) is 4.98 Å². The second-order valence-corrected chi connectivity index (χ2v) is 14.7. The zero-order valence-corrected chi connectivity index (χ0v) is 23.3. The van der Waals surface area contributed by atoms with Crippen LogP contribution < -0.4 is 0 Å². The van der Waals surface area contributed by atoms with Crippen LogP contribution in [0.2, 0.25) is 0 Å². The normalized spacial score (nSPS) is 45.2. The van der Waals surface area contributed by atoms with Gasteiger partial charge in [-0.15, -0.1) is 11.3 Å². The molecule has 11 atom stereocenters. The van der Waals surface area contributed by atoms with Crippen molar-refractivity contribution in [3.63, 3.8) is 0 Å². The lowest BCUT2D eigenvalue weighted by molar-refractivity contribution is -0.207. The van der Waals surface area contributed by atoms with E-state index < -0.39 is 0 Å².